The van der Waals surface area contributed by atoms with Crippen molar-refractivity contribution in [3.63, 3.8) is 0 Å². The van der Waals surface area contributed by atoms with Crippen LogP contribution < -0.4 is 0 Å². The van der Waals surface area contributed by atoms with Gasteiger partial charge in [-0.3, -0.25) is 0 Å². The van der Waals surface area contributed by atoms with Gasteiger partial charge < -0.3 is 5.11 Å². The van der Waals surface area contributed by atoms with Crippen molar-refractivity contribution < 1.29 is 9.90 Å². The topological polar surface area (TPSA) is 124 Å². The highest BCUT2D eigenvalue weighted by Gasteiger charge is 2.19. The highest BCUT2D eigenvalue weighted by Crippen LogP contribution is 2.30. The van der Waals surface area contributed by atoms with Gasteiger partial charge in [0.25, 0.3) is 0 Å². The molecule has 1 heterocycles. The van der Waals surface area contributed by atoms with Gasteiger partial charge in [-0.1, -0.05) is 48.5 Å². The van der Waals surface area contributed by atoms with Crippen LogP contribution in [0.3, 0.4) is 0 Å². The third-order valence-corrected chi connectivity index (χ3v) is 4.14. The summed E-state index contributed by atoms with van der Waals surface area (Å²) in [7, 11) is 0. The average molecular weight is 378 g/mol. The standard InChI is InChI=1S/C19H18N6O3/c1-12(2)17(19(26)27)25(24-28)11-13-7-9-14(10-8-13)15-5-3-4-6-16(15)18-20-22-23-21-18/h3-10H,11H2,1-2H3,(H,26,27)(H,20,21,22,23). The van der Waals surface area contributed by atoms with Crippen molar-refractivity contribution in [3.8, 4) is 22.5 Å². The van der Waals surface area contributed by atoms with Gasteiger partial charge in [0.15, 0.2) is 0 Å². The molecule has 0 amide bonds. The first-order chi connectivity index (χ1) is 13.5. The van der Waals surface area contributed by atoms with Gasteiger partial charge in [0.1, 0.15) is 5.70 Å². The first kappa shape index (κ1) is 18.9. The van der Waals surface area contributed by atoms with E-state index >= 15 is 0 Å². The number of aromatic amines is 1. The summed E-state index contributed by atoms with van der Waals surface area (Å²) in [5.74, 6) is -0.698. The maximum atomic E-state index is 11.4. The number of hydrogen-bond donors (Lipinski definition) is 2. The number of carbonyl (C=O) groups is 1. The molecule has 142 valence electrons. The van der Waals surface area contributed by atoms with Gasteiger partial charge >= 0.3 is 5.97 Å². The zero-order chi connectivity index (χ0) is 20.1. The van der Waals surface area contributed by atoms with Crippen LogP contribution in [0.25, 0.3) is 22.5 Å². The molecule has 2 aromatic carbocycles. The number of aromatic nitrogens is 4. The van der Waals surface area contributed by atoms with E-state index in [1.54, 1.807) is 13.8 Å². The van der Waals surface area contributed by atoms with E-state index in [-0.39, 0.29) is 12.2 Å². The lowest BCUT2D eigenvalue weighted by atomic mass is 9.98. The molecule has 3 rings (SSSR count). The summed E-state index contributed by atoms with van der Waals surface area (Å²) in [6.07, 6.45) is 0. The van der Waals surface area contributed by atoms with Gasteiger partial charge in [0.2, 0.25) is 5.82 Å². The molecule has 9 nitrogen and oxygen atoms in total. The summed E-state index contributed by atoms with van der Waals surface area (Å²) < 4.78 is 0. The van der Waals surface area contributed by atoms with Crippen molar-refractivity contribution in [2.45, 2.75) is 20.4 Å². The van der Waals surface area contributed by atoms with Crippen molar-refractivity contribution in [3.05, 3.63) is 70.3 Å². The summed E-state index contributed by atoms with van der Waals surface area (Å²) in [5, 5.41) is 27.2. The van der Waals surface area contributed by atoms with E-state index in [4.69, 9.17) is 0 Å². The van der Waals surface area contributed by atoms with E-state index < -0.39 is 5.97 Å². The molecule has 0 aliphatic carbocycles. The smallest absolute Gasteiger partial charge is 0.354 e. The third kappa shape index (κ3) is 3.93. The number of carboxylic acid groups (broad SMARTS) is 1. The number of nitroso groups, excluding NO2 is 1. The number of H-pyrrole nitrogens is 1. The minimum atomic E-state index is -1.19. The second-order valence-corrected chi connectivity index (χ2v) is 6.27. The first-order valence-corrected chi connectivity index (χ1v) is 8.45. The van der Waals surface area contributed by atoms with E-state index in [2.05, 4.69) is 25.9 Å². The van der Waals surface area contributed by atoms with Gasteiger partial charge in [-0.15, -0.1) is 15.1 Å². The molecule has 0 atom stereocenters. The normalized spacial score (nSPS) is 10.4. The van der Waals surface area contributed by atoms with Crippen molar-refractivity contribution >= 4 is 5.97 Å². The van der Waals surface area contributed by atoms with Crippen LogP contribution in [-0.4, -0.2) is 36.7 Å². The molecule has 0 saturated heterocycles. The summed E-state index contributed by atoms with van der Waals surface area (Å²) in [6, 6.07) is 15.1. The number of rotatable bonds is 7. The van der Waals surface area contributed by atoms with Crippen LogP contribution in [0.5, 0.6) is 0 Å². The van der Waals surface area contributed by atoms with E-state index in [1.807, 2.05) is 48.5 Å². The first-order valence-electron chi connectivity index (χ1n) is 8.45. The minimum absolute atomic E-state index is 0.0586. The van der Waals surface area contributed by atoms with E-state index in [0.717, 1.165) is 27.3 Å². The maximum Gasteiger partial charge on any atom is 0.354 e. The SMILES string of the molecule is CC(C)=C(C(=O)O)N(Cc1ccc(-c2ccccc2-c2nn[nH]n2)cc1)N=O. The lowest BCUT2D eigenvalue weighted by Gasteiger charge is -2.17. The van der Waals surface area contributed by atoms with Crippen molar-refractivity contribution in [1.82, 2.24) is 25.6 Å². The molecule has 0 spiro atoms. The van der Waals surface area contributed by atoms with Crippen LogP contribution in [0, 0.1) is 4.91 Å². The zero-order valence-electron chi connectivity index (χ0n) is 15.3. The highest BCUT2D eigenvalue weighted by molar-refractivity contribution is 5.86. The highest BCUT2D eigenvalue weighted by atomic mass is 16.4. The van der Waals surface area contributed by atoms with Crippen LogP contribution in [0.4, 0.5) is 0 Å². The molecule has 1 aromatic heterocycles. The number of nitrogens with zero attached hydrogens (tertiary/aromatic N) is 5. The van der Waals surface area contributed by atoms with Gasteiger partial charge in [0, 0.05) is 5.56 Å². The number of hydrogen-bond acceptors (Lipinski definition) is 6. The predicted molar refractivity (Wildman–Crippen MR) is 102 cm³/mol. The fourth-order valence-electron chi connectivity index (χ4n) is 2.90. The number of benzene rings is 2. The van der Waals surface area contributed by atoms with Gasteiger partial charge in [-0.05, 0) is 41.3 Å². The molecule has 3 aromatic rings. The predicted octanol–water partition coefficient (Wildman–Crippen LogP) is 3.40. The molecule has 2 N–H and O–H groups in total. The van der Waals surface area contributed by atoms with Crippen LogP contribution in [0.15, 0.2) is 65.1 Å². The van der Waals surface area contributed by atoms with Crippen molar-refractivity contribution in [2.24, 2.45) is 5.29 Å². The van der Waals surface area contributed by atoms with Crippen LogP contribution in [-0.2, 0) is 11.3 Å². The molecule has 0 bridgehead atoms. The monoisotopic (exact) mass is 378 g/mol. The van der Waals surface area contributed by atoms with Crippen LogP contribution in [0.1, 0.15) is 19.4 Å². The van der Waals surface area contributed by atoms with Gasteiger partial charge in [0.05, 0.1) is 11.8 Å². The molecule has 0 fully saturated rings. The summed E-state index contributed by atoms with van der Waals surface area (Å²) in [4.78, 5) is 22.6. The summed E-state index contributed by atoms with van der Waals surface area (Å²) in [5.41, 5.74) is 3.81. The quantitative estimate of drug-likeness (QED) is 0.367. The molecule has 0 unspecified atom stereocenters. The third-order valence-electron chi connectivity index (χ3n) is 4.14. The van der Waals surface area contributed by atoms with Crippen molar-refractivity contribution in [2.75, 3.05) is 0 Å². The molecule has 0 aliphatic heterocycles. The number of aliphatic carboxylic acids is 1. The van der Waals surface area contributed by atoms with Crippen LogP contribution >= 0.6 is 0 Å². The largest absolute Gasteiger partial charge is 0.477 e. The fraction of sp³-hybridized carbons (Fsp3) is 0.158. The second-order valence-electron chi connectivity index (χ2n) is 6.27. The van der Waals surface area contributed by atoms with E-state index in [1.165, 1.54) is 0 Å². The Labute approximate surface area is 160 Å². The Kier molecular flexibility index (Phi) is 5.54. The van der Waals surface area contributed by atoms with Gasteiger partial charge in [-0.25, -0.2) is 9.80 Å². The van der Waals surface area contributed by atoms with E-state index in [0.29, 0.717) is 11.4 Å². The zero-order valence-corrected chi connectivity index (χ0v) is 15.3. The molecular formula is C19H18N6O3. The molecule has 9 heteroatoms. The lowest BCUT2D eigenvalue weighted by molar-refractivity contribution is -0.134. The Morgan fingerprint density at radius 1 is 1.11 bits per heavy atom. The fourth-order valence-corrected chi connectivity index (χ4v) is 2.90. The summed E-state index contributed by atoms with van der Waals surface area (Å²) in [6.45, 7) is 3.31. The van der Waals surface area contributed by atoms with Gasteiger partial charge in [-0.2, -0.15) is 5.21 Å². The molecule has 28 heavy (non-hydrogen) atoms. The Bertz CT molecular complexity index is 1010. The maximum absolute atomic E-state index is 11.4. The molecule has 0 radical (unpaired) electrons. The Balaban J connectivity index is 1.88. The minimum Gasteiger partial charge on any atom is -0.477 e. The second kappa shape index (κ2) is 8.21. The number of nitrogens with one attached hydrogen (secondary N) is 1. The summed E-state index contributed by atoms with van der Waals surface area (Å²) >= 11 is 0. The number of allylic oxidation sites excluding steroid dienone is 1. The Morgan fingerprint density at radius 3 is 2.32 bits per heavy atom. The number of carboxylic acids is 1. The average Bonchev–Trinajstić information content (AvgIpc) is 3.22. The molecule has 0 aliphatic rings. The van der Waals surface area contributed by atoms with E-state index in [9.17, 15) is 14.8 Å². The number of tetrazole rings is 1. The molecular weight excluding hydrogens is 360 g/mol. The van der Waals surface area contributed by atoms with Crippen molar-refractivity contribution in [1.29, 1.82) is 0 Å². The lowest BCUT2D eigenvalue weighted by Crippen LogP contribution is -2.23. The Hall–Kier alpha value is -3.88. The Morgan fingerprint density at radius 2 is 1.79 bits per heavy atom. The molecule has 0 saturated carbocycles. The van der Waals surface area contributed by atoms with Crippen LogP contribution in [0.2, 0.25) is 0 Å².